The van der Waals surface area contributed by atoms with E-state index in [-0.39, 0.29) is 26.2 Å². The number of halogens is 4. The first-order valence-electron chi connectivity index (χ1n) is 5.54. The molecule has 100 valence electrons. The van der Waals surface area contributed by atoms with Crippen LogP contribution in [-0.2, 0) is 0 Å². The normalized spacial score (nSPS) is 10.8. The molecule has 2 rings (SSSR count). The molecule has 0 saturated carbocycles. The minimum Gasteiger partial charge on any atom is -0.206 e. The molecule has 0 fully saturated rings. The monoisotopic (exact) mass is 353 g/mol. The molecule has 0 aliphatic rings. The topological polar surface area (TPSA) is 23.8 Å². The van der Waals surface area contributed by atoms with E-state index < -0.39 is 11.6 Å². The van der Waals surface area contributed by atoms with Gasteiger partial charge >= 0.3 is 0 Å². The molecule has 0 aliphatic carbocycles. The standard InChI is InChI=1S/C15H7BrClF2N/c16-11-5-1-4-10(15(11)19)13-12(17)7-6-9(14(13)18)3-2-8-20/h1-7H/b3-2-. The number of hydrogen-bond donors (Lipinski definition) is 0. The fourth-order valence-corrected chi connectivity index (χ4v) is 2.38. The van der Waals surface area contributed by atoms with E-state index in [1.807, 2.05) is 0 Å². The van der Waals surface area contributed by atoms with Gasteiger partial charge in [-0.05, 0) is 34.1 Å². The summed E-state index contributed by atoms with van der Waals surface area (Å²) in [6.07, 6.45) is 2.46. The minimum atomic E-state index is -0.666. The minimum absolute atomic E-state index is 0.0226. The summed E-state index contributed by atoms with van der Waals surface area (Å²) in [5.41, 5.74) is 0.213. The number of rotatable bonds is 2. The van der Waals surface area contributed by atoms with Gasteiger partial charge in [0.15, 0.2) is 0 Å². The zero-order valence-corrected chi connectivity index (χ0v) is 12.3. The molecular formula is C15H7BrClF2N. The third-order valence-corrected chi connectivity index (χ3v) is 3.61. The van der Waals surface area contributed by atoms with E-state index >= 15 is 0 Å². The lowest BCUT2D eigenvalue weighted by Crippen LogP contribution is -1.93. The summed E-state index contributed by atoms with van der Waals surface area (Å²) in [4.78, 5) is 0. The fraction of sp³-hybridized carbons (Fsp3) is 0. The van der Waals surface area contributed by atoms with Crippen LogP contribution in [0.25, 0.3) is 17.2 Å². The third kappa shape index (κ3) is 2.74. The van der Waals surface area contributed by atoms with Crippen LogP contribution in [0.5, 0.6) is 0 Å². The molecule has 0 saturated heterocycles. The Balaban J connectivity index is 2.71. The Morgan fingerprint density at radius 2 is 1.90 bits per heavy atom. The second kappa shape index (κ2) is 6.17. The molecule has 2 aromatic carbocycles. The Morgan fingerprint density at radius 1 is 1.15 bits per heavy atom. The van der Waals surface area contributed by atoms with Crippen molar-refractivity contribution in [2.24, 2.45) is 0 Å². The predicted molar refractivity (Wildman–Crippen MR) is 79.2 cm³/mol. The zero-order chi connectivity index (χ0) is 14.7. The van der Waals surface area contributed by atoms with E-state index in [4.69, 9.17) is 16.9 Å². The number of nitrogens with zero attached hydrogens (tertiary/aromatic N) is 1. The number of allylic oxidation sites excluding steroid dienone is 1. The van der Waals surface area contributed by atoms with Crippen LogP contribution in [0.1, 0.15) is 5.56 Å². The van der Waals surface area contributed by atoms with Crippen LogP contribution in [0.4, 0.5) is 8.78 Å². The molecule has 0 bridgehead atoms. The maximum absolute atomic E-state index is 14.4. The first-order chi connectivity index (χ1) is 9.56. The Kier molecular flexibility index (Phi) is 4.53. The highest BCUT2D eigenvalue weighted by Gasteiger charge is 2.17. The lowest BCUT2D eigenvalue weighted by atomic mass is 10.0. The van der Waals surface area contributed by atoms with E-state index in [2.05, 4.69) is 15.9 Å². The largest absolute Gasteiger partial charge is 0.206 e. The molecule has 20 heavy (non-hydrogen) atoms. The van der Waals surface area contributed by atoms with E-state index in [9.17, 15) is 8.78 Å². The Hall–Kier alpha value is -1.70. The first kappa shape index (κ1) is 14.7. The summed E-state index contributed by atoms with van der Waals surface area (Å²) in [5.74, 6) is -1.25. The van der Waals surface area contributed by atoms with Crippen molar-refractivity contribution in [3.05, 3.63) is 63.1 Å². The lowest BCUT2D eigenvalue weighted by Gasteiger charge is -2.10. The molecule has 5 heteroatoms. The Bertz CT molecular complexity index is 735. The molecule has 2 aromatic rings. The maximum Gasteiger partial charge on any atom is 0.145 e. The molecule has 1 nitrogen and oxygen atoms in total. The average Bonchev–Trinajstić information content (AvgIpc) is 2.43. The molecule has 0 aromatic heterocycles. The predicted octanol–water partition coefficient (Wildman–Crippen LogP) is 5.58. The van der Waals surface area contributed by atoms with Crippen LogP contribution < -0.4 is 0 Å². The summed E-state index contributed by atoms with van der Waals surface area (Å²) in [6, 6.07) is 9.24. The van der Waals surface area contributed by atoms with Crippen LogP contribution in [0, 0.1) is 23.0 Å². The van der Waals surface area contributed by atoms with Gasteiger partial charge in [-0.1, -0.05) is 29.8 Å². The number of nitriles is 1. The highest BCUT2D eigenvalue weighted by molar-refractivity contribution is 9.10. The van der Waals surface area contributed by atoms with Gasteiger partial charge in [0, 0.05) is 22.8 Å². The van der Waals surface area contributed by atoms with Crippen molar-refractivity contribution < 1.29 is 8.78 Å². The van der Waals surface area contributed by atoms with Gasteiger partial charge in [0.1, 0.15) is 11.6 Å². The molecule has 0 unspecified atom stereocenters. The van der Waals surface area contributed by atoms with Crippen molar-refractivity contribution in [3.63, 3.8) is 0 Å². The zero-order valence-electron chi connectivity index (χ0n) is 10.0. The van der Waals surface area contributed by atoms with Gasteiger partial charge < -0.3 is 0 Å². The van der Waals surface area contributed by atoms with Crippen molar-refractivity contribution in [2.75, 3.05) is 0 Å². The molecule has 0 radical (unpaired) electrons. The summed E-state index contributed by atoms with van der Waals surface area (Å²) < 4.78 is 28.7. The molecule has 0 spiro atoms. The van der Waals surface area contributed by atoms with Crippen LogP contribution in [-0.4, -0.2) is 0 Å². The van der Waals surface area contributed by atoms with Gasteiger partial charge in [0.25, 0.3) is 0 Å². The van der Waals surface area contributed by atoms with E-state index in [1.54, 1.807) is 12.1 Å². The van der Waals surface area contributed by atoms with Crippen LogP contribution in [0.3, 0.4) is 0 Å². The Morgan fingerprint density at radius 3 is 2.60 bits per heavy atom. The SMILES string of the molecule is N#C/C=C\c1ccc(Cl)c(-c2cccc(Br)c2F)c1F. The van der Waals surface area contributed by atoms with E-state index in [0.717, 1.165) is 6.08 Å². The summed E-state index contributed by atoms with van der Waals surface area (Å²) >= 11 is 9.04. The second-order valence-corrected chi connectivity index (χ2v) is 5.15. The van der Waals surface area contributed by atoms with Gasteiger partial charge in [0.05, 0.1) is 15.6 Å². The summed E-state index contributed by atoms with van der Waals surface area (Å²) in [7, 11) is 0. The van der Waals surface area contributed by atoms with Crippen LogP contribution >= 0.6 is 27.5 Å². The van der Waals surface area contributed by atoms with Crippen molar-refractivity contribution in [2.45, 2.75) is 0 Å². The second-order valence-electron chi connectivity index (χ2n) is 3.89. The van der Waals surface area contributed by atoms with Crippen LogP contribution in [0.2, 0.25) is 5.02 Å². The smallest absolute Gasteiger partial charge is 0.145 e. The summed E-state index contributed by atoms with van der Waals surface area (Å²) in [6.45, 7) is 0. The average molecular weight is 355 g/mol. The molecule has 0 N–H and O–H groups in total. The maximum atomic E-state index is 14.4. The molecule has 0 aliphatic heterocycles. The van der Waals surface area contributed by atoms with Gasteiger partial charge in [-0.25, -0.2) is 8.78 Å². The lowest BCUT2D eigenvalue weighted by molar-refractivity contribution is 0.611. The van der Waals surface area contributed by atoms with Gasteiger partial charge in [-0.2, -0.15) is 5.26 Å². The van der Waals surface area contributed by atoms with Crippen molar-refractivity contribution in [3.8, 4) is 17.2 Å². The van der Waals surface area contributed by atoms with Gasteiger partial charge in [0.2, 0.25) is 0 Å². The van der Waals surface area contributed by atoms with E-state index in [1.165, 1.54) is 30.3 Å². The molecule has 0 amide bonds. The molecule has 0 heterocycles. The highest BCUT2D eigenvalue weighted by Crippen LogP contribution is 2.36. The Labute approximate surface area is 128 Å². The van der Waals surface area contributed by atoms with E-state index in [0.29, 0.717) is 0 Å². The number of benzene rings is 2. The third-order valence-electron chi connectivity index (χ3n) is 2.68. The highest BCUT2D eigenvalue weighted by atomic mass is 79.9. The van der Waals surface area contributed by atoms with Crippen LogP contribution in [0.15, 0.2) is 40.9 Å². The van der Waals surface area contributed by atoms with Gasteiger partial charge in [-0.3, -0.25) is 0 Å². The number of hydrogen-bond acceptors (Lipinski definition) is 1. The molecular weight excluding hydrogens is 348 g/mol. The van der Waals surface area contributed by atoms with Crippen molar-refractivity contribution in [1.29, 1.82) is 5.26 Å². The fourth-order valence-electron chi connectivity index (χ4n) is 1.77. The van der Waals surface area contributed by atoms with Crippen molar-refractivity contribution in [1.82, 2.24) is 0 Å². The van der Waals surface area contributed by atoms with Crippen molar-refractivity contribution >= 4 is 33.6 Å². The first-order valence-corrected chi connectivity index (χ1v) is 6.72. The summed E-state index contributed by atoms with van der Waals surface area (Å²) in [5, 5.41) is 8.59. The quantitative estimate of drug-likeness (QED) is 0.645. The molecule has 0 atom stereocenters. The van der Waals surface area contributed by atoms with Gasteiger partial charge in [-0.15, -0.1) is 0 Å².